The van der Waals surface area contributed by atoms with Crippen LogP contribution in [0.3, 0.4) is 0 Å². The van der Waals surface area contributed by atoms with Crippen molar-refractivity contribution in [3.63, 3.8) is 0 Å². The van der Waals surface area contributed by atoms with Crippen LogP contribution in [-0.4, -0.2) is 107 Å². The molecule has 4 aromatic heterocycles. The highest BCUT2D eigenvalue weighted by molar-refractivity contribution is 6.09. The van der Waals surface area contributed by atoms with Crippen molar-refractivity contribution < 1.29 is 0 Å². The zero-order valence-corrected chi connectivity index (χ0v) is 75.5. The fourth-order valence-corrected chi connectivity index (χ4v) is 15.2. The van der Waals surface area contributed by atoms with Crippen molar-refractivity contribution in [1.29, 1.82) is 5.26 Å². The van der Waals surface area contributed by atoms with Gasteiger partial charge in [0.05, 0.1) is 11.6 Å². The molecule has 1 aliphatic heterocycles. The number of aryl methyl sites for hydroxylation is 4. The van der Waals surface area contributed by atoms with Crippen molar-refractivity contribution in [2.75, 3.05) is 30.9 Å². The molecule has 596 valence electrons. The summed E-state index contributed by atoms with van der Waals surface area (Å²) in [5, 5.41) is 11.3. The lowest BCUT2D eigenvalue weighted by atomic mass is 9.79. The lowest BCUT2D eigenvalue weighted by Gasteiger charge is -2.55. The Balaban J connectivity index is 0.000000421. The van der Waals surface area contributed by atoms with Crippen LogP contribution in [0.5, 0.6) is 0 Å². The van der Waals surface area contributed by atoms with Gasteiger partial charge in [-0.2, -0.15) is 5.26 Å². The number of anilines is 3. The third-order valence-corrected chi connectivity index (χ3v) is 19.7. The molecule has 0 amide bonds. The number of para-hydroxylation sites is 3. The summed E-state index contributed by atoms with van der Waals surface area (Å²) in [7, 11) is 6.26. The highest BCUT2D eigenvalue weighted by atomic mass is 15.3. The van der Waals surface area contributed by atoms with Crippen LogP contribution in [0.1, 0.15) is 261 Å². The van der Waals surface area contributed by atoms with Crippen LogP contribution in [0.4, 0.5) is 17.1 Å². The minimum absolute atomic E-state index is 0.0498. The normalized spacial score (nSPS) is 13.4. The summed E-state index contributed by atoms with van der Waals surface area (Å²) < 4.78 is 9.20. The van der Waals surface area contributed by atoms with Gasteiger partial charge in [0.25, 0.3) is 0 Å². The van der Waals surface area contributed by atoms with Gasteiger partial charge in [0.1, 0.15) is 0 Å². The Hall–Kier alpha value is -7.73. The zero-order chi connectivity index (χ0) is 82.8. The Bertz CT molecular complexity index is 3800. The van der Waals surface area contributed by atoms with Gasteiger partial charge in [0.2, 0.25) is 0 Å². The third-order valence-electron chi connectivity index (χ3n) is 19.7. The molecule has 108 heavy (non-hydrogen) atoms. The fraction of sp³-hybridized carbons (Fsp3) is 0.541. The van der Waals surface area contributed by atoms with Gasteiger partial charge in [-0.25, -0.2) is 0 Å². The van der Waals surface area contributed by atoms with Gasteiger partial charge < -0.3 is 33.0 Å². The van der Waals surface area contributed by atoms with Crippen LogP contribution in [0.25, 0.3) is 21.8 Å². The summed E-state index contributed by atoms with van der Waals surface area (Å²) in [6.45, 7) is 75.9. The monoisotopic (exact) mass is 1470 g/mol. The number of likely N-dealkylation sites (tertiary alicyclic amines) is 1. The molecular formula is C98H154N10. The van der Waals surface area contributed by atoms with E-state index in [1.54, 1.807) is 0 Å². The Morgan fingerprint density at radius 2 is 0.722 bits per heavy atom. The van der Waals surface area contributed by atoms with Crippen LogP contribution in [0, 0.1) is 51.4 Å². The number of hydrogen-bond acceptors (Lipinski definition) is 6. The second-order valence-electron chi connectivity index (χ2n) is 36.6. The van der Waals surface area contributed by atoms with Crippen molar-refractivity contribution in [3.05, 3.63) is 210 Å². The molecule has 5 heterocycles. The van der Waals surface area contributed by atoms with E-state index in [2.05, 4.69) is 427 Å². The summed E-state index contributed by atoms with van der Waals surface area (Å²) in [6.07, 6.45) is 13.8. The minimum Gasteiger partial charge on any atom is -0.372 e. The molecule has 5 aromatic carbocycles. The number of fused-ring (bicyclic) bond motifs is 3. The molecule has 10 heteroatoms. The van der Waals surface area contributed by atoms with Crippen LogP contribution in [0.15, 0.2) is 176 Å². The quantitative estimate of drug-likeness (QED) is 0.127. The second kappa shape index (κ2) is 43.0. The first-order chi connectivity index (χ1) is 49.8. The highest BCUT2D eigenvalue weighted by Gasteiger charge is 2.42. The van der Waals surface area contributed by atoms with E-state index in [4.69, 9.17) is 11.7 Å². The SMILES string of the molecule is C#Cc1ccc2c(c1)c1cc(C#N)ccc1n2C(C)(C)C.CC(C)(C)n1cccc1.CC(C)N(C(C)C)C(C)C.CC(C)N(C)C.CC(C)N(C)c1ccccc1.CC(C)N(c1ccccc1)c1ccccc1.CC(C)N1C(C)(C)CCCC1(C)C.Cc1ccc(C)n1C(C)(C)C.Cc1ccc(C)n1C(C)(C)C. The van der Waals surface area contributed by atoms with Gasteiger partial charge in [-0.1, -0.05) is 60.5 Å². The number of piperidine rings is 1. The van der Waals surface area contributed by atoms with Crippen LogP contribution >= 0.6 is 0 Å². The summed E-state index contributed by atoms with van der Waals surface area (Å²) in [4.78, 5) is 11.9. The molecule has 0 radical (unpaired) electrons. The van der Waals surface area contributed by atoms with Crippen molar-refractivity contribution in [2.45, 2.75) is 330 Å². The summed E-state index contributed by atoms with van der Waals surface area (Å²) >= 11 is 0. The summed E-state index contributed by atoms with van der Waals surface area (Å²) in [5.74, 6) is 2.69. The van der Waals surface area contributed by atoms with Gasteiger partial charge in [0, 0.05) is 162 Å². The van der Waals surface area contributed by atoms with Gasteiger partial charge in [0.15, 0.2) is 0 Å². The van der Waals surface area contributed by atoms with Crippen molar-refractivity contribution in [2.24, 2.45) is 0 Å². The van der Waals surface area contributed by atoms with Gasteiger partial charge in [-0.15, -0.1) is 6.42 Å². The topological polar surface area (TPSA) is 59.7 Å². The Kier molecular flexibility index (Phi) is 38.4. The highest BCUT2D eigenvalue weighted by Crippen LogP contribution is 2.40. The maximum absolute atomic E-state index is 9.15. The predicted octanol–water partition coefficient (Wildman–Crippen LogP) is 26.0. The largest absolute Gasteiger partial charge is 0.372 e. The van der Waals surface area contributed by atoms with E-state index in [-0.39, 0.29) is 22.2 Å². The van der Waals surface area contributed by atoms with E-state index < -0.39 is 0 Å². The molecule has 0 unspecified atom stereocenters. The van der Waals surface area contributed by atoms with Gasteiger partial charge >= 0.3 is 0 Å². The van der Waals surface area contributed by atoms with Crippen molar-refractivity contribution in [3.8, 4) is 18.4 Å². The number of nitrogens with zero attached hydrogens (tertiary/aromatic N) is 10. The fourth-order valence-electron chi connectivity index (χ4n) is 15.2. The number of benzene rings is 5. The van der Waals surface area contributed by atoms with E-state index >= 15 is 0 Å². The molecule has 0 saturated carbocycles. The number of terminal acetylenes is 1. The molecule has 0 N–H and O–H groups in total. The predicted molar refractivity (Wildman–Crippen MR) is 480 cm³/mol. The van der Waals surface area contributed by atoms with Gasteiger partial charge in [-0.3, -0.25) is 9.80 Å². The first-order valence-electron chi connectivity index (χ1n) is 40.1. The first-order valence-corrected chi connectivity index (χ1v) is 40.1. The molecule has 1 fully saturated rings. The van der Waals surface area contributed by atoms with Crippen LogP contribution in [0.2, 0.25) is 0 Å². The van der Waals surface area contributed by atoms with Crippen molar-refractivity contribution in [1.82, 2.24) is 33.0 Å². The molecule has 0 atom stereocenters. The molecule has 10 rings (SSSR count). The average molecular weight is 1470 g/mol. The molecule has 1 aliphatic rings. The number of nitriles is 1. The smallest absolute Gasteiger partial charge is 0.0991 e. The summed E-state index contributed by atoms with van der Waals surface area (Å²) in [5.41, 5.74) is 14.3. The molecule has 1 saturated heterocycles. The molecule has 0 aliphatic carbocycles. The molecular weight excluding hydrogens is 1320 g/mol. The first kappa shape index (κ1) is 96.3. The van der Waals surface area contributed by atoms with Gasteiger partial charge in [-0.05, 0) is 378 Å². The molecule has 10 nitrogen and oxygen atoms in total. The molecule has 0 bridgehead atoms. The minimum atomic E-state index is -0.0498. The van der Waals surface area contributed by atoms with Crippen LogP contribution < -0.4 is 9.80 Å². The van der Waals surface area contributed by atoms with E-state index in [0.29, 0.717) is 58.9 Å². The Labute approximate surface area is 662 Å². The molecule has 9 aromatic rings. The number of hydrogen-bond donors (Lipinski definition) is 0. The lowest BCUT2D eigenvalue weighted by molar-refractivity contribution is -0.0508. The Morgan fingerprint density at radius 1 is 0.398 bits per heavy atom. The van der Waals surface area contributed by atoms with E-state index in [0.717, 1.165) is 27.4 Å². The lowest BCUT2D eigenvalue weighted by Crippen LogP contribution is -2.61. The zero-order valence-electron chi connectivity index (χ0n) is 75.5. The van der Waals surface area contributed by atoms with E-state index in [1.165, 1.54) is 59.1 Å². The van der Waals surface area contributed by atoms with Crippen molar-refractivity contribution >= 4 is 38.9 Å². The Morgan fingerprint density at radius 3 is 0.954 bits per heavy atom. The van der Waals surface area contributed by atoms with E-state index in [1.807, 2.05) is 60.7 Å². The number of aromatic nitrogens is 4. The maximum atomic E-state index is 9.15. The summed E-state index contributed by atoms with van der Waals surface area (Å²) in [6, 6.07) is 62.6. The standard InChI is InChI=1S/C19H16N2.C15H17N.C12H25N.2C10H17N.C10H15N.C9H21N.C8H13N.C5H13N/c1-5-13-6-8-17-15(10-13)16-11-14(12-20)7-9-18(16)21(17)19(2,3)4;1-13(2)16(14-9-5-3-6-10-14)15-11-7-4-8-12-15;1-10(2)13-11(3,4)8-7-9-12(13,5)6;2*1-8-6-7-9(2)11(8)10(3,4)5;1-9(2)11(3)10-7-5-4-6-8-10;1-7(2)10(8(3)4)9(5)6;1-8(2,3)9-6-4-5-7-9;1-5(2)6(3)4/h1,6-11H,2-4H3;3-13H,1-2H3;10H,7-9H2,1-6H3;2*6-7H,1-5H3;4-9H,1-3H3;7-9H,1-6H3;4-7H,1-3H3;5H,1-4H3. The number of rotatable bonds is 10. The third kappa shape index (κ3) is 30.3. The second-order valence-corrected chi connectivity index (χ2v) is 36.6. The molecule has 0 spiro atoms. The van der Waals surface area contributed by atoms with Crippen LogP contribution in [-0.2, 0) is 22.2 Å². The van der Waals surface area contributed by atoms with E-state index in [9.17, 15) is 0 Å². The maximum Gasteiger partial charge on any atom is 0.0991 e. The average Bonchev–Trinajstić information content (AvgIpc) is 1.61.